The van der Waals surface area contributed by atoms with E-state index >= 15 is 0 Å². The molecular weight excluding hydrogens is 274 g/mol. The van der Waals surface area contributed by atoms with Gasteiger partial charge in [-0.3, -0.25) is 0 Å². The van der Waals surface area contributed by atoms with Gasteiger partial charge >= 0.3 is 0 Å². The Morgan fingerprint density at radius 2 is 2.13 bits per heavy atom. The van der Waals surface area contributed by atoms with Gasteiger partial charge in [-0.05, 0) is 47.1 Å². The van der Waals surface area contributed by atoms with Gasteiger partial charge in [-0.25, -0.2) is 0 Å². The number of nitrogens with one attached hydrogen (secondary N) is 1. The highest BCUT2D eigenvalue weighted by Crippen LogP contribution is 2.29. The summed E-state index contributed by atoms with van der Waals surface area (Å²) < 4.78 is 1.11. The van der Waals surface area contributed by atoms with Gasteiger partial charge in [-0.15, -0.1) is 21.5 Å². The molecule has 2 rings (SSSR count). The first-order valence-corrected chi connectivity index (χ1v) is 6.24. The second-order valence-electron chi connectivity index (χ2n) is 2.94. The number of anilines is 1. The largest absolute Gasteiger partial charge is 0.369 e. The average Bonchev–Trinajstić information content (AvgIpc) is 2.67. The van der Waals surface area contributed by atoms with Crippen LogP contribution in [0.1, 0.15) is 6.92 Å². The summed E-state index contributed by atoms with van der Waals surface area (Å²) in [5.41, 5.74) is 0.910. The van der Waals surface area contributed by atoms with Crippen molar-refractivity contribution in [2.24, 2.45) is 0 Å². The van der Waals surface area contributed by atoms with E-state index in [0.29, 0.717) is 0 Å². The highest BCUT2D eigenvalue weighted by molar-refractivity contribution is 9.11. The van der Waals surface area contributed by atoms with Gasteiger partial charge in [-0.2, -0.15) is 0 Å². The van der Waals surface area contributed by atoms with E-state index in [1.165, 1.54) is 0 Å². The van der Waals surface area contributed by atoms with E-state index in [-0.39, 0.29) is 0 Å². The topological polar surface area (TPSA) is 37.8 Å². The fourth-order valence-electron chi connectivity index (χ4n) is 1.19. The predicted molar refractivity (Wildman–Crippen MR) is 67.2 cm³/mol. The van der Waals surface area contributed by atoms with Crippen molar-refractivity contribution in [1.82, 2.24) is 10.2 Å². The van der Waals surface area contributed by atoms with E-state index < -0.39 is 0 Å². The van der Waals surface area contributed by atoms with E-state index in [2.05, 4.69) is 31.4 Å². The SMILES string of the molecule is CCNc1ccc(-c2ccc(Br)s2)nn1. The van der Waals surface area contributed by atoms with Gasteiger partial charge in [0.1, 0.15) is 11.5 Å². The van der Waals surface area contributed by atoms with Gasteiger partial charge in [0.05, 0.1) is 8.66 Å². The molecule has 2 aromatic rings. The Labute approximate surface area is 101 Å². The molecule has 0 aliphatic heterocycles. The van der Waals surface area contributed by atoms with Crippen molar-refractivity contribution >= 4 is 33.1 Å². The molecule has 0 unspecified atom stereocenters. The van der Waals surface area contributed by atoms with Crippen LogP contribution in [-0.2, 0) is 0 Å². The molecule has 0 aromatic carbocycles. The molecule has 5 heteroatoms. The number of aromatic nitrogens is 2. The summed E-state index contributed by atoms with van der Waals surface area (Å²) in [4.78, 5) is 1.12. The molecule has 0 saturated carbocycles. The molecule has 15 heavy (non-hydrogen) atoms. The molecule has 0 amide bonds. The van der Waals surface area contributed by atoms with Crippen molar-refractivity contribution in [3.05, 3.63) is 28.1 Å². The second kappa shape index (κ2) is 4.72. The maximum absolute atomic E-state index is 4.16. The Morgan fingerprint density at radius 1 is 1.27 bits per heavy atom. The van der Waals surface area contributed by atoms with Gasteiger partial charge in [-0.1, -0.05) is 0 Å². The Morgan fingerprint density at radius 3 is 2.67 bits per heavy atom. The van der Waals surface area contributed by atoms with Crippen LogP contribution in [0.2, 0.25) is 0 Å². The van der Waals surface area contributed by atoms with Crippen LogP contribution in [-0.4, -0.2) is 16.7 Å². The third-order valence-electron chi connectivity index (χ3n) is 1.85. The maximum atomic E-state index is 4.16. The Bertz CT molecular complexity index is 438. The van der Waals surface area contributed by atoms with E-state index in [1.807, 2.05) is 31.2 Å². The number of thiophene rings is 1. The molecule has 0 bridgehead atoms. The van der Waals surface area contributed by atoms with Crippen LogP contribution in [0.25, 0.3) is 10.6 Å². The summed E-state index contributed by atoms with van der Waals surface area (Å²) in [5, 5.41) is 11.4. The zero-order valence-corrected chi connectivity index (χ0v) is 10.6. The zero-order valence-electron chi connectivity index (χ0n) is 8.20. The van der Waals surface area contributed by atoms with Gasteiger partial charge in [0.2, 0.25) is 0 Å². The van der Waals surface area contributed by atoms with Gasteiger partial charge in [0, 0.05) is 6.54 Å². The Kier molecular flexibility index (Phi) is 3.33. The minimum atomic E-state index is 0.817. The molecule has 0 spiro atoms. The first-order chi connectivity index (χ1) is 7.29. The number of hydrogen-bond donors (Lipinski definition) is 1. The Hall–Kier alpha value is -0.940. The normalized spacial score (nSPS) is 10.3. The fourth-order valence-corrected chi connectivity index (χ4v) is 2.54. The third kappa shape index (κ3) is 2.54. The lowest BCUT2D eigenvalue weighted by Gasteiger charge is -2.00. The van der Waals surface area contributed by atoms with Crippen molar-refractivity contribution in [3.8, 4) is 10.6 Å². The predicted octanol–water partition coefficient (Wildman–Crippen LogP) is 3.40. The molecule has 2 heterocycles. The molecular formula is C10H10BrN3S. The summed E-state index contributed by atoms with van der Waals surface area (Å²) in [7, 11) is 0. The zero-order chi connectivity index (χ0) is 10.7. The standard InChI is InChI=1S/C10H10BrN3S/c1-2-12-10-6-3-7(13-14-10)8-4-5-9(11)15-8/h3-6H,2H2,1H3,(H,12,14). The summed E-state index contributed by atoms with van der Waals surface area (Å²) >= 11 is 5.08. The summed E-state index contributed by atoms with van der Waals surface area (Å²) in [6.45, 7) is 2.89. The third-order valence-corrected chi connectivity index (χ3v) is 3.49. The van der Waals surface area contributed by atoms with E-state index in [1.54, 1.807) is 11.3 Å². The molecule has 1 N–H and O–H groups in total. The van der Waals surface area contributed by atoms with Crippen molar-refractivity contribution in [3.63, 3.8) is 0 Å². The lowest BCUT2D eigenvalue weighted by Crippen LogP contribution is -2.00. The molecule has 0 saturated heterocycles. The van der Waals surface area contributed by atoms with Crippen LogP contribution >= 0.6 is 27.3 Å². The number of rotatable bonds is 3. The van der Waals surface area contributed by atoms with Crippen LogP contribution in [0.15, 0.2) is 28.1 Å². The van der Waals surface area contributed by atoms with Crippen molar-refractivity contribution in [2.75, 3.05) is 11.9 Å². The summed E-state index contributed by atoms with van der Waals surface area (Å²) in [6, 6.07) is 7.97. The maximum Gasteiger partial charge on any atom is 0.148 e. The molecule has 0 aliphatic carbocycles. The van der Waals surface area contributed by atoms with E-state index in [9.17, 15) is 0 Å². The van der Waals surface area contributed by atoms with Gasteiger partial charge in [0.15, 0.2) is 0 Å². The first-order valence-electron chi connectivity index (χ1n) is 4.63. The van der Waals surface area contributed by atoms with Crippen LogP contribution in [0, 0.1) is 0 Å². The summed E-state index contributed by atoms with van der Waals surface area (Å²) in [5.74, 6) is 0.817. The minimum Gasteiger partial charge on any atom is -0.369 e. The van der Waals surface area contributed by atoms with Crippen molar-refractivity contribution in [1.29, 1.82) is 0 Å². The average molecular weight is 284 g/mol. The van der Waals surface area contributed by atoms with Gasteiger partial charge < -0.3 is 5.32 Å². The number of halogens is 1. The molecule has 0 aliphatic rings. The highest BCUT2D eigenvalue weighted by atomic mass is 79.9. The lowest BCUT2D eigenvalue weighted by atomic mass is 10.3. The highest BCUT2D eigenvalue weighted by Gasteiger charge is 2.03. The molecule has 3 nitrogen and oxygen atoms in total. The number of nitrogens with zero attached hydrogens (tertiary/aromatic N) is 2. The van der Waals surface area contributed by atoms with Crippen molar-refractivity contribution in [2.45, 2.75) is 6.92 Å². The number of hydrogen-bond acceptors (Lipinski definition) is 4. The first kappa shape index (κ1) is 10.6. The quantitative estimate of drug-likeness (QED) is 0.938. The monoisotopic (exact) mass is 283 g/mol. The molecule has 2 aromatic heterocycles. The van der Waals surface area contributed by atoms with Crippen LogP contribution < -0.4 is 5.32 Å². The van der Waals surface area contributed by atoms with Gasteiger partial charge in [0.25, 0.3) is 0 Å². The van der Waals surface area contributed by atoms with E-state index in [0.717, 1.165) is 26.7 Å². The van der Waals surface area contributed by atoms with Crippen molar-refractivity contribution < 1.29 is 0 Å². The summed E-state index contributed by atoms with van der Waals surface area (Å²) in [6.07, 6.45) is 0. The molecule has 0 fully saturated rings. The molecule has 78 valence electrons. The van der Waals surface area contributed by atoms with E-state index in [4.69, 9.17) is 0 Å². The lowest BCUT2D eigenvalue weighted by molar-refractivity contribution is 1.02. The minimum absolute atomic E-state index is 0.817. The second-order valence-corrected chi connectivity index (χ2v) is 5.40. The van der Waals surface area contributed by atoms with Crippen LogP contribution in [0.4, 0.5) is 5.82 Å². The van der Waals surface area contributed by atoms with Crippen LogP contribution in [0.5, 0.6) is 0 Å². The molecule has 0 atom stereocenters. The smallest absolute Gasteiger partial charge is 0.148 e. The Balaban J connectivity index is 2.23. The van der Waals surface area contributed by atoms with Crippen LogP contribution in [0.3, 0.4) is 0 Å². The fraction of sp³-hybridized carbons (Fsp3) is 0.200. The molecule has 0 radical (unpaired) electrons.